The smallest absolute Gasteiger partial charge is 0.119 e. The zero-order valence-electron chi connectivity index (χ0n) is 13.8. The van der Waals surface area contributed by atoms with E-state index in [0.29, 0.717) is 6.54 Å². The summed E-state index contributed by atoms with van der Waals surface area (Å²) < 4.78 is 11.3. The van der Waals surface area contributed by atoms with E-state index in [-0.39, 0.29) is 6.04 Å². The summed E-state index contributed by atoms with van der Waals surface area (Å²) >= 11 is 0. The van der Waals surface area contributed by atoms with Gasteiger partial charge in [-0.2, -0.15) is 0 Å². The Morgan fingerprint density at radius 1 is 1.23 bits per heavy atom. The third-order valence-corrected chi connectivity index (χ3v) is 4.22. The molecule has 4 heteroatoms. The molecular weight excluding hydrogens is 276 g/mol. The highest BCUT2D eigenvalue weighted by atomic mass is 16.5. The summed E-state index contributed by atoms with van der Waals surface area (Å²) in [5, 5.41) is 0. The molecule has 1 aliphatic heterocycles. The molecule has 1 aliphatic rings. The van der Waals surface area contributed by atoms with Crippen LogP contribution in [0.15, 0.2) is 24.3 Å². The lowest BCUT2D eigenvalue weighted by molar-refractivity contribution is 0.0178. The van der Waals surface area contributed by atoms with Gasteiger partial charge in [0.05, 0.1) is 19.8 Å². The van der Waals surface area contributed by atoms with Crippen molar-refractivity contribution in [3.8, 4) is 5.75 Å². The molecule has 124 valence electrons. The zero-order valence-corrected chi connectivity index (χ0v) is 13.8. The summed E-state index contributed by atoms with van der Waals surface area (Å²) in [6.45, 7) is 7.14. The first kappa shape index (κ1) is 17.3. The molecule has 2 N–H and O–H groups in total. The van der Waals surface area contributed by atoms with Crippen LogP contribution in [0.5, 0.6) is 5.75 Å². The van der Waals surface area contributed by atoms with Crippen LogP contribution in [0.25, 0.3) is 0 Å². The average molecular weight is 306 g/mol. The molecular formula is C18H30N2O2. The largest absolute Gasteiger partial charge is 0.494 e. The van der Waals surface area contributed by atoms with E-state index in [4.69, 9.17) is 15.2 Å². The quantitative estimate of drug-likeness (QED) is 0.713. The first-order valence-electron chi connectivity index (χ1n) is 8.59. The first-order valence-corrected chi connectivity index (χ1v) is 8.59. The van der Waals surface area contributed by atoms with Crippen molar-refractivity contribution in [1.82, 2.24) is 4.90 Å². The number of nitrogens with zero attached hydrogens (tertiary/aromatic N) is 1. The zero-order chi connectivity index (χ0) is 15.6. The highest BCUT2D eigenvalue weighted by Gasteiger charge is 2.21. The second-order valence-corrected chi connectivity index (χ2v) is 5.88. The van der Waals surface area contributed by atoms with Gasteiger partial charge in [0.15, 0.2) is 0 Å². The van der Waals surface area contributed by atoms with Crippen LogP contribution in [0, 0.1) is 0 Å². The molecule has 1 aromatic rings. The van der Waals surface area contributed by atoms with Gasteiger partial charge in [0.2, 0.25) is 0 Å². The van der Waals surface area contributed by atoms with Gasteiger partial charge in [0.1, 0.15) is 5.75 Å². The molecule has 4 nitrogen and oxygen atoms in total. The number of hydrogen-bond donors (Lipinski definition) is 1. The minimum atomic E-state index is 0.257. The lowest BCUT2D eigenvalue weighted by Gasteiger charge is -2.34. The molecule has 0 amide bonds. The Labute approximate surface area is 134 Å². The lowest BCUT2D eigenvalue weighted by Crippen LogP contribution is -2.41. The number of rotatable bonds is 9. The van der Waals surface area contributed by atoms with Gasteiger partial charge in [-0.05, 0) is 24.1 Å². The van der Waals surface area contributed by atoms with E-state index in [1.807, 2.05) is 6.07 Å². The maximum absolute atomic E-state index is 6.02. The van der Waals surface area contributed by atoms with Crippen LogP contribution in [0.1, 0.15) is 44.2 Å². The topological polar surface area (TPSA) is 47.7 Å². The Balaban J connectivity index is 1.90. The van der Waals surface area contributed by atoms with Crippen molar-refractivity contribution in [2.75, 3.05) is 39.5 Å². The van der Waals surface area contributed by atoms with Crippen LogP contribution >= 0.6 is 0 Å². The van der Waals surface area contributed by atoms with Gasteiger partial charge >= 0.3 is 0 Å². The van der Waals surface area contributed by atoms with Crippen molar-refractivity contribution in [1.29, 1.82) is 0 Å². The van der Waals surface area contributed by atoms with Gasteiger partial charge in [-0.15, -0.1) is 0 Å². The Morgan fingerprint density at radius 3 is 2.77 bits per heavy atom. The van der Waals surface area contributed by atoms with Crippen molar-refractivity contribution >= 4 is 0 Å². The van der Waals surface area contributed by atoms with Gasteiger partial charge in [0.25, 0.3) is 0 Å². The van der Waals surface area contributed by atoms with Crippen LogP contribution < -0.4 is 10.5 Å². The Hall–Kier alpha value is -1.10. The first-order chi connectivity index (χ1) is 10.8. The van der Waals surface area contributed by atoms with Crippen molar-refractivity contribution < 1.29 is 9.47 Å². The van der Waals surface area contributed by atoms with Gasteiger partial charge in [-0.25, -0.2) is 0 Å². The number of hydrogen-bond acceptors (Lipinski definition) is 4. The van der Waals surface area contributed by atoms with Crippen molar-refractivity contribution in [3.63, 3.8) is 0 Å². The normalized spacial score (nSPS) is 17.4. The molecule has 0 bridgehead atoms. The third-order valence-electron chi connectivity index (χ3n) is 4.22. The Morgan fingerprint density at radius 2 is 2.05 bits per heavy atom. The van der Waals surface area contributed by atoms with E-state index >= 15 is 0 Å². The van der Waals surface area contributed by atoms with Crippen LogP contribution in [0.3, 0.4) is 0 Å². The van der Waals surface area contributed by atoms with Gasteiger partial charge in [-0.1, -0.05) is 38.3 Å². The summed E-state index contributed by atoms with van der Waals surface area (Å²) in [6, 6.07) is 8.66. The van der Waals surface area contributed by atoms with Crippen LogP contribution in [0.2, 0.25) is 0 Å². The highest BCUT2D eigenvalue weighted by Crippen LogP contribution is 2.24. The van der Waals surface area contributed by atoms with E-state index in [1.165, 1.54) is 24.8 Å². The second kappa shape index (κ2) is 9.82. The van der Waals surface area contributed by atoms with Crippen molar-refractivity contribution in [2.45, 2.75) is 38.6 Å². The SMILES string of the molecule is CCCCCCOc1cccc(C(CN)N2CCOCC2)c1. The molecule has 2 rings (SSSR count). The second-order valence-electron chi connectivity index (χ2n) is 5.88. The fourth-order valence-electron chi connectivity index (χ4n) is 2.92. The Bertz CT molecular complexity index is 419. The monoisotopic (exact) mass is 306 g/mol. The van der Waals surface area contributed by atoms with Crippen LogP contribution in [-0.2, 0) is 4.74 Å². The van der Waals surface area contributed by atoms with E-state index in [0.717, 1.165) is 45.1 Å². The van der Waals surface area contributed by atoms with E-state index in [1.54, 1.807) is 0 Å². The summed E-state index contributed by atoms with van der Waals surface area (Å²) in [5.41, 5.74) is 7.26. The fourth-order valence-corrected chi connectivity index (χ4v) is 2.92. The summed E-state index contributed by atoms with van der Waals surface area (Å²) in [4.78, 5) is 2.41. The number of unbranched alkanes of at least 4 members (excludes halogenated alkanes) is 3. The minimum absolute atomic E-state index is 0.257. The van der Waals surface area contributed by atoms with Gasteiger partial charge in [-0.3, -0.25) is 4.90 Å². The third kappa shape index (κ3) is 5.27. The fraction of sp³-hybridized carbons (Fsp3) is 0.667. The summed E-state index contributed by atoms with van der Waals surface area (Å²) in [6.07, 6.45) is 4.92. The average Bonchev–Trinajstić information content (AvgIpc) is 2.57. The minimum Gasteiger partial charge on any atom is -0.494 e. The van der Waals surface area contributed by atoms with Gasteiger partial charge < -0.3 is 15.2 Å². The molecule has 1 atom stereocenters. The molecule has 1 unspecified atom stereocenters. The maximum Gasteiger partial charge on any atom is 0.119 e. The highest BCUT2D eigenvalue weighted by molar-refractivity contribution is 5.31. The van der Waals surface area contributed by atoms with Crippen LogP contribution in [-0.4, -0.2) is 44.4 Å². The Kier molecular flexibility index (Phi) is 7.71. The molecule has 0 aliphatic carbocycles. The number of morpholine rings is 1. The van der Waals surface area contributed by atoms with E-state index in [9.17, 15) is 0 Å². The van der Waals surface area contributed by atoms with Crippen molar-refractivity contribution in [3.05, 3.63) is 29.8 Å². The number of nitrogens with two attached hydrogens (primary N) is 1. The number of benzene rings is 1. The molecule has 1 fully saturated rings. The molecule has 1 heterocycles. The number of ether oxygens (including phenoxy) is 2. The standard InChI is InChI=1S/C18H30N2O2/c1-2-3-4-5-11-22-17-8-6-7-16(14-17)18(15-19)20-9-12-21-13-10-20/h6-8,14,18H,2-5,9-13,15,19H2,1H3. The molecule has 0 radical (unpaired) electrons. The predicted molar refractivity (Wildman–Crippen MR) is 90.3 cm³/mol. The molecule has 22 heavy (non-hydrogen) atoms. The van der Waals surface area contributed by atoms with E-state index < -0.39 is 0 Å². The maximum atomic E-state index is 6.02. The summed E-state index contributed by atoms with van der Waals surface area (Å²) in [7, 11) is 0. The summed E-state index contributed by atoms with van der Waals surface area (Å²) in [5.74, 6) is 0.959. The van der Waals surface area contributed by atoms with Gasteiger partial charge in [0, 0.05) is 25.7 Å². The lowest BCUT2D eigenvalue weighted by atomic mass is 10.0. The molecule has 0 spiro atoms. The van der Waals surface area contributed by atoms with Crippen LogP contribution in [0.4, 0.5) is 0 Å². The molecule has 0 aromatic heterocycles. The predicted octanol–water partition coefficient (Wildman–Crippen LogP) is 2.98. The molecule has 0 saturated carbocycles. The van der Waals surface area contributed by atoms with E-state index in [2.05, 4.69) is 30.0 Å². The van der Waals surface area contributed by atoms with Crippen molar-refractivity contribution in [2.24, 2.45) is 5.73 Å². The molecule has 1 saturated heterocycles. The molecule has 1 aromatic carbocycles.